The molecule has 0 fully saturated rings. The molecule has 0 radical (unpaired) electrons. The average molecular weight is 277 g/mol. The van der Waals surface area contributed by atoms with Gasteiger partial charge in [-0.1, -0.05) is 23.2 Å². The van der Waals surface area contributed by atoms with Gasteiger partial charge >= 0.3 is 5.97 Å². The van der Waals surface area contributed by atoms with Gasteiger partial charge in [-0.15, -0.1) is 0 Å². The average Bonchev–Trinajstić information content (AvgIpc) is 2.19. The first kappa shape index (κ1) is 14.1. The Balaban J connectivity index is 3.14. The van der Waals surface area contributed by atoms with E-state index < -0.39 is 11.6 Å². The Bertz CT molecular complexity index is 436. The Hall–Kier alpha value is -0.930. The summed E-state index contributed by atoms with van der Waals surface area (Å²) in [4.78, 5) is 11.9. The highest BCUT2D eigenvalue weighted by Crippen LogP contribution is 2.35. The molecule has 0 aliphatic carbocycles. The fourth-order valence-corrected chi connectivity index (χ4v) is 1.62. The predicted octanol–water partition coefficient (Wildman–Crippen LogP) is 3.96. The van der Waals surface area contributed by atoms with Crippen LogP contribution in [-0.2, 0) is 4.74 Å². The fourth-order valence-electron chi connectivity index (χ4n) is 1.23. The van der Waals surface area contributed by atoms with Crippen LogP contribution in [0.2, 0.25) is 10.0 Å². The minimum Gasteiger partial charge on any atom is -0.494 e. The Kier molecular flexibility index (Phi) is 4.28. The van der Waals surface area contributed by atoms with Crippen molar-refractivity contribution in [2.24, 2.45) is 0 Å². The number of ether oxygens (including phenoxy) is 2. The third-order valence-corrected chi connectivity index (χ3v) is 2.66. The molecule has 1 aromatic rings. The van der Waals surface area contributed by atoms with Crippen LogP contribution < -0.4 is 4.74 Å². The number of carbonyl (C=O) groups is 1. The number of hydrogen-bond acceptors (Lipinski definition) is 3. The first-order valence-electron chi connectivity index (χ1n) is 5.01. The lowest BCUT2D eigenvalue weighted by Crippen LogP contribution is -2.24. The van der Waals surface area contributed by atoms with Gasteiger partial charge in [0.2, 0.25) is 0 Å². The van der Waals surface area contributed by atoms with Gasteiger partial charge in [-0.25, -0.2) is 4.79 Å². The van der Waals surface area contributed by atoms with E-state index in [9.17, 15) is 4.79 Å². The van der Waals surface area contributed by atoms with Crippen LogP contribution >= 0.6 is 23.2 Å². The van der Waals surface area contributed by atoms with Crippen LogP contribution in [0.15, 0.2) is 12.1 Å². The monoisotopic (exact) mass is 276 g/mol. The SMILES string of the molecule is COc1c(C(=O)OC(C)(C)C)ccc(Cl)c1Cl. The lowest BCUT2D eigenvalue weighted by atomic mass is 10.1. The molecule has 0 aromatic heterocycles. The van der Waals surface area contributed by atoms with Crippen molar-refractivity contribution in [2.75, 3.05) is 7.11 Å². The van der Waals surface area contributed by atoms with Crippen molar-refractivity contribution in [3.63, 3.8) is 0 Å². The fraction of sp³-hybridized carbons (Fsp3) is 0.417. The van der Waals surface area contributed by atoms with E-state index >= 15 is 0 Å². The Labute approximate surface area is 111 Å². The number of benzene rings is 1. The van der Waals surface area contributed by atoms with Crippen LogP contribution in [0.3, 0.4) is 0 Å². The van der Waals surface area contributed by atoms with Gasteiger partial charge in [-0.05, 0) is 32.9 Å². The van der Waals surface area contributed by atoms with Crippen LogP contribution in [-0.4, -0.2) is 18.7 Å². The molecule has 0 spiro atoms. The molecule has 0 amide bonds. The summed E-state index contributed by atoms with van der Waals surface area (Å²) in [7, 11) is 1.42. The van der Waals surface area contributed by atoms with Gasteiger partial charge in [-0.3, -0.25) is 0 Å². The molecule has 0 unspecified atom stereocenters. The molecule has 0 N–H and O–H groups in total. The molecule has 0 heterocycles. The molecular weight excluding hydrogens is 263 g/mol. The molecule has 0 saturated carbocycles. The van der Waals surface area contributed by atoms with Gasteiger partial charge in [0.05, 0.1) is 12.1 Å². The quantitative estimate of drug-likeness (QED) is 0.767. The third-order valence-electron chi connectivity index (χ3n) is 1.87. The first-order valence-corrected chi connectivity index (χ1v) is 5.77. The van der Waals surface area contributed by atoms with Gasteiger partial charge < -0.3 is 9.47 Å². The molecule has 5 heteroatoms. The lowest BCUT2D eigenvalue weighted by molar-refractivity contribution is 0.00666. The van der Waals surface area contributed by atoms with Crippen LogP contribution in [0.1, 0.15) is 31.1 Å². The van der Waals surface area contributed by atoms with Gasteiger partial charge in [0, 0.05) is 0 Å². The van der Waals surface area contributed by atoms with Crippen LogP contribution in [0, 0.1) is 0 Å². The number of hydrogen-bond donors (Lipinski definition) is 0. The Morgan fingerprint density at radius 1 is 1.24 bits per heavy atom. The molecule has 1 rings (SSSR count). The minimum absolute atomic E-state index is 0.206. The first-order chi connectivity index (χ1) is 7.76. The maximum Gasteiger partial charge on any atom is 0.342 e. The maximum absolute atomic E-state index is 11.9. The lowest BCUT2D eigenvalue weighted by Gasteiger charge is -2.20. The molecule has 0 saturated heterocycles. The zero-order chi connectivity index (χ0) is 13.2. The van der Waals surface area contributed by atoms with E-state index in [4.69, 9.17) is 32.7 Å². The van der Waals surface area contributed by atoms with E-state index in [0.29, 0.717) is 5.02 Å². The van der Waals surface area contributed by atoms with E-state index in [1.54, 1.807) is 20.8 Å². The van der Waals surface area contributed by atoms with E-state index in [2.05, 4.69) is 0 Å². The summed E-state index contributed by atoms with van der Waals surface area (Å²) < 4.78 is 10.3. The number of rotatable bonds is 2. The summed E-state index contributed by atoms with van der Waals surface area (Å²) in [6, 6.07) is 3.06. The van der Waals surface area contributed by atoms with Crippen molar-refractivity contribution < 1.29 is 14.3 Å². The molecule has 17 heavy (non-hydrogen) atoms. The minimum atomic E-state index is -0.575. The van der Waals surface area contributed by atoms with Crippen molar-refractivity contribution >= 4 is 29.2 Å². The molecule has 1 aromatic carbocycles. The molecule has 3 nitrogen and oxygen atoms in total. The topological polar surface area (TPSA) is 35.5 Å². The van der Waals surface area contributed by atoms with E-state index in [-0.39, 0.29) is 16.3 Å². The molecule has 0 atom stereocenters. The largest absolute Gasteiger partial charge is 0.494 e. The summed E-state index contributed by atoms with van der Waals surface area (Å²) in [5.41, 5.74) is -0.314. The zero-order valence-corrected chi connectivity index (χ0v) is 11.6. The molecule has 0 aliphatic heterocycles. The van der Waals surface area contributed by atoms with Crippen LogP contribution in [0.5, 0.6) is 5.75 Å². The second-order valence-corrected chi connectivity index (χ2v) is 5.23. The van der Waals surface area contributed by atoms with Gasteiger partial charge in [-0.2, -0.15) is 0 Å². The van der Waals surface area contributed by atoms with Crippen molar-refractivity contribution in [3.05, 3.63) is 27.7 Å². The smallest absolute Gasteiger partial charge is 0.342 e. The summed E-state index contributed by atoms with van der Waals surface area (Å²) >= 11 is 11.8. The second-order valence-electron chi connectivity index (χ2n) is 4.44. The molecular formula is C12H14Cl2O3. The highest BCUT2D eigenvalue weighted by molar-refractivity contribution is 6.43. The van der Waals surface area contributed by atoms with Crippen molar-refractivity contribution in [1.82, 2.24) is 0 Å². The Morgan fingerprint density at radius 3 is 2.29 bits per heavy atom. The number of methoxy groups -OCH3 is 1. The maximum atomic E-state index is 11.9. The predicted molar refractivity (Wildman–Crippen MR) is 68.2 cm³/mol. The van der Waals surface area contributed by atoms with Gasteiger partial charge in [0.25, 0.3) is 0 Å². The standard InChI is InChI=1S/C12H14Cl2O3/c1-12(2,3)17-11(15)7-5-6-8(13)9(14)10(7)16-4/h5-6H,1-4H3. The number of carbonyl (C=O) groups excluding carboxylic acids is 1. The van der Waals surface area contributed by atoms with Gasteiger partial charge in [0.15, 0.2) is 5.75 Å². The zero-order valence-electron chi connectivity index (χ0n) is 10.1. The highest BCUT2D eigenvalue weighted by atomic mass is 35.5. The van der Waals surface area contributed by atoms with E-state index in [1.807, 2.05) is 0 Å². The van der Waals surface area contributed by atoms with Crippen LogP contribution in [0.4, 0.5) is 0 Å². The van der Waals surface area contributed by atoms with Gasteiger partial charge in [0.1, 0.15) is 16.2 Å². The van der Waals surface area contributed by atoms with Crippen molar-refractivity contribution in [2.45, 2.75) is 26.4 Å². The Morgan fingerprint density at radius 2 is 1.82 bits per heavy atom. The van der Waals surface area contributed by atoms with Crippen molar-refractivity contribution in [1.29, 1.82) is 0 Å². The van der Waals surface area contributed by atoms with Crippen molar-refractivity contribution in [3.8, 4) is 5.75 Å². The third kappa shape index (κ3) is 3.51. The molecule has 94 valence electrons. The highest BCUT2D eigenvalue weighted by Gasteiger charge is 2.23. The number of halogens is 2. The number of esters is 1. The van der Waals surface area contributed by atoms with Crippen LogP contribution in [0.25, 0.3) is 0 Å². The van der Waals surface area contributed by atoms with E-state index in [1.165, 1.54) is 19.2 Å². The molecule has 0 aliphatic rings. The second kappa shape index (κ2) is 5.15. The summed E-state index contributed by atoms with van der Waals surface area (Å²) in [5, 5.41) is 0.536. The summed E-state index contributed by atoms with van der Waals surface area (Å²) in [6.45, 7) is 5.36. The molecule has 0 bridgehead atoms. The summed E-state index contributed by atoms with van der Waals surface area (Å²) in [5.74, 6) is -0.263. The normalized spacial score (nSPS) is 11.2. The summed E-state index contributed by atoms with van der Waals surface area (Å²) in [6.07, 6.45) is 0. The van der Waals surface area contributed by atoms with E-state index in [0.717, 1.165) is 0 Å².